The van der Waals surface area contributed by atoms with Gasteiger partial charge in [0.25, 0.3) is 0 Å². The number of hydrogen-bond acceptors (Lipinski definition) is 3. The molecule has 0 aliphatic heterocycles. The lowest BCUT2D eigenvalue weighted by Gasteiger charge is -2.23. The highest BCUT2D eigenvalue weighted by molar-refractivity contribution is 4.74. The van der Waals surface area contributed by atoms with Crippen LogP contribution in [0.2, 0.25) is 0 Å². The van der Waals surface area contributed by atoms with Gasteiger partial charge in [-0.3, -0.25) is 0 Å². The van der Waals surface area contributed by atoms with Crippen LogP contribution < -0.4 is 0 Å². The molecule has 0 radical (unpaired) electrons. The second-order valence-electron chi connectivity index (χ2n) is 2.56. The minimum atomic E-state index is -0.970. The molecule has 3 heteroatoms. The summed E-state index contributed by atoms with van der Waals surface area (Å²) in [6, 6.07) is 0. The Kier molecular flexibility index (Phi) is 4.60. The summed E-state index contributed by atoms with van der Waals surface area (Å²) in [6.07, 6.45) is 1.55. The maximum absolute atomic E-state index is 9.40. The van der Waals surface area contributed by atoms with Crippen LogP contribution in [-0.2, 0) is 0 Å². The van der Waals surface area contributed by atoms with Crippen LogP contribution in [0.4, 0.5) is 0 Å². The molecule has 0 aromatic carbocycles. The number of aliphatic hydroxyl groups excluding tert-OH is 2. The third kappa shape index (κ3) is 3.15. The molecule has 0 saturated carbocycles. The fraction of sp³-hybridized carbons (Fsp3) is 1.00. The van der Waals surface area contributed by atoms with Crippen LogP contribution in [0.1, 0.15) is 26.2 Å². The van der Waals surface area contributed by atoms with Gasteiger partial charge in [0, 0.05) is 6.61 Å². The Hall–Kier alpha value is -0.120. The summed E-state index contributed by atoms with van der Waals surface area (Å²) in [5.41, 5.74) is -0.970. The van der Waals surface area contributed by atoms with Crippen molar-refractivity contribution >= 4 is 0 Å². The average molecular weight is 148 g/mol. The van der Waals surface area contributed by atoms with Crippen LogP contribution in [0, 0.1) is 0 Å². The van der Waals surface area contributed by atoms with Crippen molar-refractivity contribution in [3.05, 3.63) is 0 Å². The van der Waals surface area contributed by atoms with Crippen molar-refractivity contribution < 1.29 is 15.3 Å². The molecule has 3 N–H and O–H groups in total. The van der Waals surface area contributed by atoms with Crippen LogP contribution >= 0.6 is 0 Å². The zero-order chi connectivity index (χ0) is 8.04. The van der Waals surface area contributed by atoms with Crippen molar-refractivity contribution in [2.75, 3.05) is 13.2 Å². The summed E-state index contributed by atoms with van der Waals surface area (Å²) in [5, 5.41) is 26.5. The van der Waals surface area contributed by atoms with Gasteiger partial charge in [-0.2, -0.15) is 0 Å². The number of aliphatic hydroxyl groups is 3. The minimum Gasteiger partial charge on any atom is -0.396 e. The van der Waals surface area contributed by atoms with E-state index in [4.69, 9.17) is 10.2 Å². The number of hydrogen-bond donors (Lipinski definition) is 3. The third-order valence-corrected chi connectivity index (χ3v) is 1.75. The van der Waals surface area contributed by atoms with Gasteiger partial charge in [-0.15, -0.1) is 0 Å². The lowest BCUT2D eigenvalue weighted by atomic mass is 9.96. The van der Waals surface area contributed by atoms with E-state index < -0.39 is 5.60 Å². The fourth-order valence-corrected chi connectivity index (χ4v) is 0.776. The molecular formula is C7H16O3. The van der Waals surface area contributed by atoms with E-state index in [1.165, 1.54) is 0 Å². The van der Waals surface area contributed by atoms with E-state index in [1.54, 1.807) is 0 Å². The van der Waals surface area contributed by atoms with Gasteiger partial charge >= 0.3 is 0 Å². The molecule has 0 rings (SSSR count). The number of rotatable bonds is 5. The van der Waals surface area contributed by atoms with Crippen molar-refractivity contribution in [2.24, 2.45) is 0 Å². The molecule has 0 saturated heterocycles. The van der Waals surface area contributed by atoms with Crippen molar-refractivity contribution in [2.45, 2.75) is 31.8 Å². The second-order valence-corrected chi connectivity index (χ2v) is 2.56. The quantitative estimate of drug-likeness (QED) is 0.510. The second kappa shape index (κ2) is 4.66. The maximum atomic E-state index is 9.40. The molecular weight excluding hydrogens is 132 g/mol. The summed E-state index contributed by atoms with van der Waals surface area (Å²) in [7, 11) is 0. The Morgan fingerprint density at radius 3 is 2.20 bits per heavy atom. The molecule has 1 unspecified atom stereocenters. The Morgan fingerprint density at radius 1 is 1.30 bits per heavy atom. The summed E-state index contributed by atoms with van der Waals surface area (Å²) >= 11 is 0. The van der Waals surface area contributed by atoms with E-state index in [2.05, 4.69) is 0 Å². The van der Waals surface area contributed by atoms with Crippen LogP contribution in [0.15, 0.2) is 0 Å². The smallest absolute Gasteiger partial charge is 0.0875 e. The van der Waals surface area contributed by atoms with Gasteiger partial charge in [0.15, 0.2) is 0 Å². The normalized spacial score (nSPS) is 16.8. The molecule has 62 valence electrons. The first kappa shape index (κ1) is 9.88. The van der Waals surface area contributed by atoms with E-state index in [0.717, 1.165) is 0 Å². The minimum absolute atomic E-state index is 0.0717. The molecule has 1 atom stereocenters. The topological polar surface area (TPSA) is 60.7 Å². The molecule has 3 nitrogen and oxygen atoms in total. The van der Waals surface area contributed by atoms with Crippen molar-refractivity contribution in [1.29, 1.82) is 0 Å². The highest BCUT2D eigenvalue weighted by atomic mass is 16.3. The Balaban J connectivity index is 3.58. The lowest BCUT2D eigenvalue weighted by molar-refractivity contribution is -0.0281. The predicted octanol–water partition coefficient (Wildman–Crippen LogP) is -0.108. The van der Waals surface area contributed by atoms with Crippen molar-refractivity contribution in [3.63, 3.8) is 0 Å². The molecule has 0 heterocycles. The molecule has 0 aliphatic carbocycles. The Bertz CT molecular complexity index is 78.9. The average Bonchev–Trinajstić information content (AvgIpc) is 2.00. The van der Waals surface area contributed by atoms with Gasteiger partial charge in [-0.25, -0.2) is 0 Å². The van der Waals surface area contributed by atoms with E-state index >= 15 is 0 Å². The third-order valence-electron chi connectivity index (χ3n) is 1.75. The molecule has 0 aromatic heterocycles. The molecule has 0 aromatic rings. The first-order valence-electron chi connectivity index (χ1n) is 3.62. The first-order chi connectivity index (χ1) is 4.68. The monoisotopic (exact) mass is 148 g/mol. The van der Waals surface area contributed by atoms with Crippen LogP contribution in [0.3, 0.4) is 0 Å². The molecule has 0 fully saturated rings. The predicted molar refractivity (Wildman–Crippen MR) is 38.6 cm³/mol. The standard InChI is InChI=1S/C7H16O3/c1-2-7(10,6-9)4-3-5-8/h8-10H,2-6H2,1H3. The maximum Gasteiger partial charge on any atom is 0.0875 e. The van der Waals surface area contributed by atoms with Crippen molar-refractivity contribution in [3.8, 4) is 0 Å². The fourth-order valence-electron chi connectivity index (χ4n) is 0.776. The van der Waals surface area contributed by atoms with Gasteiger partial charge < -0.3 is 15.3 Å². The van der Waals surface area contributed by atoms with E-state index in [0.29, 0.717) is 19.3 Å². The first-order valence-corrected chi connectivity index (χ1v) is 3.62. The van der Waals surface area contributed by atoms with Gasteiger partial charge in [0.2, 0.25) is 0 Å². The summed E-state index contributed by atoms with van der Waals surface area (Å²) in [4.78, 5) is 0. The van der Waals surface area contributed by atoms with E-state index in [1.807, 2.05) is 6.92 Å². The van der Waals surface area contributed by atoms with Crippen LogP contribution in [0.5, 0.6) is 0 Å². The van der Waals surface area contributed by atoms with Gasteiger partial charge in [-0.1, -0.05) is 6.92 Å². The van der Waals surface area contributed by atoms with Crippen LogP contribution in [-0.4, -0.2) is 34.1 Å². The van der Waals surface area contributed by atoms with Gasteiger partial charge in [-0.05, 0) is 19.3 Å². The molecule has 0 amide bonds. The molecule has 0 spiro atoms. The van der Waals surface area contributed by atoms with Gasteiger partial charge in [0.1, 0.15) is 0 Å². The van der Waals surface area contributed by atoms with Crippen LogP contribution in [0.25, 0.3) is 0 Å². The van der Waals surface area contributed by atoms with Crippen molar-refractivity contribution in [1.82, 2.24) is 0 Å². The highest BCUT2D eigenvalue weighted by Gasteiger charge is 2.22. The lowest BCUT2D eigenvalue weighted by Crippen LogP contribution is -2.32. The molecule has 10 heavy (non-hydrogen) atoms. The highest BCUT2D eigenvalue weighted by Crippen LogP contribution is 2.15. The molecule has 0 aliphatic rings. The largest absolute Gasteiger partial charge is 0.396 e. The zero-order valence-electron chi connectivity index (χ0n) is 6.38. The summed E-state index contributed by atoms with van der Waals surface area (Å²) in [6.45, 7) is 1.67. The molecule has 0 bridgehead atoms. The SMILES string of the molecule is CCC(O)(CO)CCCO. The van der Waals surface area contributed by atoms with E-state index in [9.17, 15) is 5.11 Å². The van der Waals surface area contributed by atoms with Gasteiger partial charge in [0.05, 0.1) is 12.2 Å². The summed E-state index contributed by atoms with van der Waals surface area (Å²) < 4.78 is 0. The Labute approximate surface area is 61.3 Å². The Morgan fingerprint density at radius 2 is 1.90 bits per heavy atom. The van der Waals surface area contributed by atoms with E-state index in [-0.39, 0.29) is 13.2 Å². The zero-order valence-corrected chi connectivity index (χ0v) is 6.38. The summed E-state index contributed by atoms with van der Waals surface area (Å²) in [5.74, 6) is 0.